The fourth-order valence-electron chi connectivity index (χ4n) is 3.28. The summed E-state index contributed by atoms with van der Waals surface area (Å²) < 4.78 is 34.2. The molecule has 2 N–H and O–H groups in total. The number of anilines is 2. The molecule has 4 rings (SSSR count). The molecule has 3 aromatic heterocycles. The van der Waals surface area contributed by atoms with Gasteiger partial charge < -0.3 is 15.4 Å². The van der Waals surface area contributed by atoms with Gasteiger partial charge in [0, 0.05) is 35.9 Å². The third-order valence-corrected chi connectivity index (χ3v) is 5.17. The quantitative estimate of drug-likeness (QED) is 0.606. The van der Waals surface area contributed by atoms with Gasteiger partial charge in [-0.3, -0.25) is 9.36 Å². The minimum Gasteiger partial charge on any atom is -0.407 e. The van der Waals surface area contributed by atoms with E-state index in [0.29, 0.717) is 11.6 Å². The normalized spacial score (nSPS) is 18.7. The molecule has 0 saturated heterocycles. The van der Waals surface area contributed by atoms with E-state index in [0.717, 1.165) is 36.6 Å². The number of rotatable bonds is 7. The Balaban J connectivity index is 1.31. The molecule has 0 unspecified atom stereocenters. The predicted molar refractivity (Wildman–Crippen MR) is 105 cm³/mol. The fourth-order valence-corrected chi connectivity index (χ4v) is 3.78. The second kappa shape index (κ2) is 8.52. The summed E-state index contributed by atoms with van der Waals surface area (Å²) in [7, 11) is 0. The molecule has 152 valence electrons. The average molecular weight is 420 g/mol. The zero-order chi connectivity index (χ0) is 20.2. The van der Waals surface area contributed by atoms with Crippen LogP contribution in [0.3, 0.4) is 0 Å². The molecule has 1 aliphatic rings. The van der Waals surface area contributed by atoms with Gasteiger partial charge >= 0.3 is 6.61 Å². The van der Waals surface area contributed by atoms with E-state index in [2.05, 4.69) is 29.7 Å². The third-order valence-electron chi connectivity index (χ3n) is 4.56. The van der Waals surface area contributed by atoms with Crippen molar-refractivity contribution in [2.45, 2.75) is 38.0 Å². The van der Waals surface area contributed by atoms with Gasteiger partial charge in [0.15, 0.2) is 0 Å². The topological polar surface area (TPSA) is 94.0 Å². The molecule has 1 saturated carbocycles. The largest absolute Gasteiger partial charge is 0.407 e. The van der Waals surface area contributed by atoms with Gasteiger partial charge in [0.05, 0.1) is 11.9 Å². The first kappa shape index (κ1) is 19.2. The van der Waals surface area contributed by atoms with E-state index < -0.39 is 6.61 Å². The predicted octanol–water partition coefficient (Wildman–Crippen LogP) is 3.13. The highest BCUT2D eigenvalue weighted by Gasteiger charge is 2.26. The van der Waals surface area contributed by atoms with Crippen molar-refractivity contribution in [2.24, 2.45) is 0 Å². The van der Waals surface area contributed by atoms with E-state index in [4.69, 9.17) is 0 Å². The Morgan fingerprint density at radius 3 is 2.72 bits per heavy atom. The van der Waals surface area contributed by atoms with Gasteiger partial charge in [-0.25, -0.2) is 4.98 Å². The van der Waals surface area contributed by atoms with E-state index in [1.807, 2.05) is 12.1 Å². The first-order valence-electron chi connectivity index (χ1n) is 9.02. The first-order valence-corrected chi connectivity index (χ1v) is 9.80. The van der Waals surface area contributed by atoms with Crippen LogP contribution in [0.5, 0.6) is 5.19 Å². The molecule has 0 aromatic carbocycles. The van der Waals surface area contributed by atoms with Crippen LogP contribution in [0.4, 0.5) is 20.5 Å². The van der Waals surface area contributed by atoms with Crippen LogP contribution < -0.4 is 20.9 Å². The summed E-state index contributed by atoms with van der Waals surface area (Å²) in [6, 6.07) is 9.00. The Bertz CT molecular complexity index is 1010. The maximum Gasteiger partial charge on any atom is 0.389 e. The zero-order valence-electron chi connectivity index (χ0n) is 15.2. The number of alkyl halides is 2. The van der Waals surface area contributed by atoms with Gasteiger partial charge in [-0.2, -0.15) is 13.8 Å². The van der Waals surface area contributed by atoms with Crippen molar-refractivity contribution in [1.82, 2.24) is 18.9 Å². The zero-order valence-corrected chi connectivity index (χ0v) is 16.0. The minimum atomic E-state index is -2.91. The van der Waals surface area contributed by atoms with Crippen LogP contribution in [-0.2, 0) is 0 Å². The second-order valence-corrected chi connectivity index (χ2v) is 7.28. The molecular formula is C18H18F2N6O2S. The Labute approximate surface area is 168 Å². The molecular weight excluding hydrogens is 402 g/mol. The van der Waals surface area contributed by atoms with Crippen molar-refractivity contribution in [3.05, 3.63) is 53.1 Å². The highest BCUT2D eigenvalue weighted by atomic mass is 32.1. The Hall–Kier alpha value is -3.08. The number of nitrogens with zero attached hydrogens (tertiary/aromatic N) is 4. The highest BCUT2D eigenvalue weighted by Crippen LogP contribution is 2.26. The Kier molecular flexibility index (Phi) is 5.65. The van der Waals surface area contributed by atoms with Gasteiger partial charge in [-0.15, -0.1) is 4.37 Å². The number of halogens is 2. The summed E-state index contributed by atoms with van der Waals surface area (Å²) in [4.78, 5) is 20.2. The Morgan fingerprint density at radius 1 is 1.17 bits per heavy atom. The smallest absolute Gasteiger partial charge is 0.389 e. The number of hydrogen-bond donors (Lipinski definition) is 2. The van der Waals surface area contributed by atoms with Gasteiger partial charge in [-0.05, 0) is 37.5 Å². The van der Waals surface area contributed by atoms with Gasteiger partial charge in [0.25, 0.3) is 10.8 Å². The molecule has 0 radical (unpaired) electrons. The number of aromatic nitrogens is 4. The molecule has 2 atom stereocenters. The van der Waals surface area contributed by atoms with E-state index in [-0.39, 0.29) is 22.8 Å². The highest BCUT2D eigenvalue weighted by molar-refractivity contribution is 7.07. The van der Waals surface area contributed by atoms with E-state index in [1.165, 1.54) is 10.6 Å². The summed E-state index contributed by atoms with van der Waals surface area (Å²) in [6.45, 7) is -2.91. The van der Waals surface area contributed by atoms with Crippen LogP contribution in [0.1, 0.15) is 19.3 Å². The van der Waals surface area contributed by atoms with Gasteiger partial charge in [-0.1, -0.05) is 6.07 Å². The number of nitrogens with one attached hydrogen (secondary N) is 2. The summed E-state index contributed by atoms with van der Waals surface area (Å²) in [5, 5.41) is 6.38. The van der Waals surface area contributed by atoms with Crippen LogP contribution in [0, 0.1) is 0 Å². The number of pyridine rings is 2. The molecule has 3 aromatic rings. The van der Waals surface area contributed by atoms with Crippen LogP contribution in [0.2, 0.25) is 0 Å². The third kappa shape index (κ3) is 4.86. The van der Waals surface area contributed by atoms with Crippen molar-refractivity contribution in [3.63, 3.8) is 0 Å². The van der Waals surface area contributed by atoms with Crippen molar-refractivity contribution in [3.8, 4) is 10.9 Å². The van der Waals surface area contributed by atoms with Crippen LogP contribution in [0.25, 0.3) is 5.69 Å². The minimum absolute atomic E-state index is 0.113. The van der Waals surface area contributed by atoms with E-state index >= 15 is 0 Å². The molecule has 29 heavy (non-hydrogen) atoms. The maximum absolute atomic E-state index is 12.2. The lowest BCUT2D eigenvalue weighted by atomic mass is 10.2. The summed E-state index contributed by atoms with van der Waals surface area (Å²) in [5.41, 5.74) is 0.584. The second-order valence-electron chi connectivity index (χ2n) is 6.57. The van der Waals surface area contributed by atoms with Crippen LogP contribution >= 0.6 is 11.5 Å². The molecule has 0 spiro atoms. The summed E-state index contributed by atoms with van der Waals surface area (Å²) in [6.07, 6.45) is 5.97. The summed E-state index contributed by atoms with van der Waals surface area (Å²) >= 11 is 0.789. The average Bonchev–Trinajstić information content (AvgIpc) is 3.32. The van der Waals surface area contributed by atoms with Crippen molar-refractivity contribution in [2.75, 3.05) is 10.6 Å². The lowest BCUT2D eigenvalue weighted by Crippen LogP contribution is -2.21. The molecule has 1 fully saturated rings. The molecule has 0 aliphatic heterocycles. The lowest BCUT2D eigenvalue weighted by Gasteiger charge is -2.15. The molecule has 11 heteroatoms. The maximum atomic E-state index is 12.2. The SMILES string of the molecule is O=c1ccccn1-c1ccc(N[C@H]2CC[C@H](Nc3nsc(OC(F)F)n3)C2)nc1. The van der Waals surface area contributed by atoms with E-state index in [1.54, 1.807) is 24.5 Å². The van der Waals surface area contributed by atoms with Gasteiger partial charge in [0.1, 0.15) is 5.82 Å². The Morgan fingerprint density at radius 2 is 2.00 bits per heavy atom. The van der Waals surface area contributed by atoms with Crippen molar-refractivity contribution >= 4 is 23.3 Å². The molecule has 1 aliphatic carbocycles. The van der Waals surface area contributed by atoms with Crippen molar-refractivity contribution < 1.29 is 13.5 Å². The van der Waals surface area contributed by atoms with E-state index in [9.17, 15) is 13.6 Å². The lowest BCUT2D eigenvalue weighted by molar-refractivity contribution is -0.0498. The van der Waals surface area contributed by atoms with Crippen molar-refractivity contribution in [1.29, 1.82) is 0 Å². The number of ether oxygens (including phenoxy) is 1. The summed E-state index contributed by atoms with van der Waals surface area (Å²) in [5.74, 6) is 1.02. The molecule has 8 nitrogen and oxygen atoms in total. The first-order chi connectivity index (χ1) is 14.1. The monoisotopic (exact) mass is 420 g/mol. The standard InChI is InChI=1S/C18H18F2N6O2S/c19-16(20)28-18-24-17(25-29-18)23-12-5-4-11(9-12)22-14-7-6-13(10-21-14)26-8-2-1-3-15(26)27/h1-3,6-8,10-12,16H,4-5,9H2,(H,21,22)(H,23,25)/t11-,12-/m0/s1. The molecule has 3 heterocycles. The molecule has 0 amide bonds. The fraction of sp³-hybridized carbons (Fsp3) is 0.333. The molecule has 0 bridgehead atoms. The van der Waals surface area contributed by atoms with Crippen LogP contribution in [-0.4, -0.2) is 37.6 Å². The number of hydrogen-bond acceptors (Lipinski definition) is 8. The van der Waals surface area contributed by atoms with Crippen LogP contribution in [0.15, 0.2) is 47.5 Å². The van der Waals surface area contributed by atoms with Gasteiger partial charge in [0.2, 0.25) is 5.95 Å².